The molecule has 1 amide bonds. The number of benzene rings is 1. The monoisotopic (exact) mass is 372 g/mol. The van der Waals surface area contributed by atoms with Gasteiger partial charge in [0.15, 0.2) is 0 Å². The van der Waals surface area contributed by atoms with Gasteiger partial charge in [0.05, 0.1) is 22.7 Å². The second kappa shape index (κ2) is 5.78. The standard InChI is InChI=1S/C11H9IN4O3/c12-10-2-1-8(16(18)19)5-9(10)11(17)13-6-7-3-4-14-15-7/h1-5H,6H2,(H,13,17)(H,14,15). The number of nitrogens with zero attached hydrogens (tertiary/aromatic N) is 2. The van der Waals surface area contributed by atoms with E-state index >= 15 is 0 Å². The van der Waals surface area contributed by atoms with Crippen LogP contribution in [0.1, 0.15) is 16.1 Å². The molecule has 0 aliphatic heterocycles. The van der Waals surface area contributed by atoms with Crippen molar-refractivity contribution >= 4 is 34.2 Å². The molecule has 0 saturated heterocycles. The number of hydrogen-bond donors (Lipinski definition) is 2. The van der Waals surface area contributed by atoms with E-state index in [0.29, 0.717) is 3.57 Å². The van der Waals surface area contributed by atoms with E-state index in [0.717, 1.165) is 5.69 Å². The molecule has 98 valence electrons. The predicted molar refractivity (Wildman–Crippen MR) is 75.6 cm³/mol. The summed E-state index contributed by atoms with van der Waals surface area (Å²) in [4.78, 5) is 22.1. The molecule has 1 heterocycles. The minimum Gasteiger partial charge on any atom is -0.346 e. The fraction of sp³-hybridized carbons (Fsp3) is 0.0909. The van der Waals surface area contributed by atoms with Crippen LogP contribution in [0.15, 0.2) is 30.5 Å². The van der Waals surface area contributed by atoms with Crippen LogP contribution in [0.2, 0.25) is 0 Å². The molecule has 0 bridgehead atoms. The van der Waals surface area contributed by atoms with E-state index in [1.807, 2.05) is 22.6 Å². The molecule has 0 aliphatic carbocycles. The third-order valence-electron chi connectivity index (χ3n) is 2.40. The van der Waals surface area contributed by atoms with Crippen molar-refractivity contribution in [2.24, 2.45) is 0 Å². The summed E-state index contributed by atoms with van der Waals surface area (Å²) in [6.07, 6.45) is 1.58. The molecular weight excluding hydrogens is 363 g/mol. The summed E-state index contributed by atoms with van der Waals surface area (Å²) < 4.78 is 0.658. The van der Waals surface area contributed by atoms with Gasteiger partial charge in [-0.15, -0.1) is 0 Å². The maximum atomic E-state index is 12.0. The molecule has 19 heavy (non-hydrogen) atoms. The Morgan fingerprint density at radius 2 is 2.26 bits per heavy atom. The Balaban J connectivity index is 2.14. The smallest absolute Gasteiger partial charge is 0.270 e. The zero-order valence-electron chi connectivity index (χ0n) is 9.59. The molecule has 1 aromatic heterocycles. The van der Waals surface area contributed by atoms with Crippen LogP contribution in [0.25, 0.3) is 0 Å². The second-order valence-corrected chi connectivity index (χ2v) is 4.85. The Hall–Kier alpha value is -1.97. The summed E-state index contributed by atoms with van der Waals surface area (Å²) in [5, 5.41) is 19.8. The number of nitro groups is 1. The van der Waals surface area contributed by atoms with E-state index in [4.69, 9.17) is 0 Å². The maximum Gasteiger partial charge on any atom is 0.270 e. The minimum atomic E-state index is -0.526. The van der Waals surface area contributed by atoms with E-state index < -0.39 is 4.92 Å². The Morgan fingerprint density at radius 1 is 1.47 bits per heavy atom. The molecule has 1 aromatic carbocycles. The number of hydrogen-bond acceptors (Lipinski definition) is 4. The number of rotatable bonds is 4. The van der Waals surface area contributed by atoms with Gasteiger partial charge in [-0.05, 0) is 34.7 Å². The van der Waals surface area contributed by atoms with Crippen LogP contribution in [-0.2, 0) is 6.54 Å². The molecule has 0 aliphatic rings. The van der Waals surface area contributed by atoms with Crippen molar-refractivity contribution in [3.63, 3.8) is 0 Å². The fourth-order valence-electron chi connectivity index (χ4n) is 1.45. The zero-order valence-corrected chi connectivity index (χ0v) is 11.7. The average Bonchev–Trinajstić information content (AvgIpc) is 2.89. The quantitative estimate of drug-likeness (QED) is 0.486. The molecule has 0 radical (unpaired) electrons. The van der Waals surface area contributed by atoms with Crippen LogP contribution in [0.5, 0.6) is 0 Å². The number of halogens is 1. The Morgan fingerprint density at radius 3 is 2.89 bits per heavy atom. The topological polar surface area (TPSA) is 101 Å². The first-order valence-corrected chi connectivity index (χ1v) is 6.36. The highest BCUT2D eigenvalue weighted by Crippen LogP contribution is 2.19. The van der Waals surface area contributed by atoms with Gasteiger partial charge in [0, 0.05) is 21.9 Å². The lowest BCUT2D eigenvalue weighted by Gasteiger charge is -2.05. The number of H-pyrrole nitrogens is 1. The number of non-ortho nitro benzene ring substituents is 1. The predicted octanol–water partition coefficient (Wildman–Crippen LogP) is 1.85. The highest BCUT2D eigenvalue weighted by molar-refractivity contribution is 14.1. The lowest BCUT2D eigenvalue weighted by atomic mass is 10.2. The number of nitro benzene ring substituents is 1. The molecule has 0 spiro atoms. The molecule has 0 saturated carbocycles. The lowest BCUT2D eigenvalue weighted by molar-refractivity contribution is -0.384. The maximum absolute atomic E-state index is 12.0. The molecule has 0 unspecified atom stereocenters. The Labute approximate surface area is 121 Å². The van der Waals surface area contributed by atoms with Gasteiger partial charge in [-0.2, -0.15) is 5.10 Å². The zero-order chi connectivity index (χ0) is 13.8. The highest BCUT2D eigenvalue weighted by Gasteiger charge is 2.15. The van der Waals surface area contributed by atoms with E-state index in [-0.39, 0.29) is 23.7 Å². The van der Waals surface area contributed by atoms with Crippen LogP contribution in [0.4, 0.5) is 5.69 Å². The molecule has 2 rings (SSSR count). The van der Waals surface area contributed by atoms with Gasteiger partial charge in [0.1, 0.15) is 0 Å². The first kappa shape index (κ1) is 13.5. The summed E-state index contributed by atoms with van der Waals surface area (Å²) in [5.41, 5.74) is 0.940. The van der Waals surface area contributed by atoms with E-state index in [1.165, 1.54) is 12.1 Å². The van der Waals surface area contributed by atoms with E-state index in [1.54, 1.807) is 18.3 Å². The summed E-state index contributed by atoms with van der Waals surface area (Å²) >= 11 is 1.97. The SMILES string of the molecule is O=C(NCc1ccn[nH]1)c1cc([N+](=O)[O-])ccc1I. The van der Waals surface area contributed by atoms with Crippen LogP contribution < -0.4 is 5.32 Å². The number of amides is 1. The lowest BCUT2D eigenvalue weighted by Crippen LogP contribution is -2.24. The summed E-state index contributed by atoms with van der Waals surface area (Å²) in [6.45, 7) is 0.289. The molecule has 2 N–H and O–H groups in total. The number of nitrogens with one attached hydrogen (secondary N) is 2. The number of carbonyl (C=O) groups excluding carboxylic acids is 1. The number of aromatic amines is 1. The minimum absolute atomic E-state index is 0.105. The van der Waals surface area contributed by atoms with Gasteiger partial charge < -0.3 is 5.32 Å². The fourth-order valence-corrected chi connectivity index (χ4v) is 2.04. The van der Waals surface area contributed by atoms with Crippen molar-refractivity contribution < 1.29 is 9.72 Å². The number of aromatic nitrogens is 2. The van der Waals surface area contributed by atoms with Crippen molar-refractivity contribution in [2.45, 2.75) is 6.54 Å². The van der Waals surface area contributed by atoms with Crippen molar-refractivity contribution in [1.29, 1.82) is 0 Å². The molecule has 2 aromatic rings. The van der Waals surface area contributed by atoms with Crippen molar-refractivity contribution in [1.82, 2.24) is 15.5 Å². The molecule has 7 nitrogen and oxygen atoms in total. The van der Waals surface area contributed by atoms with Crippen molar-refractivity contribution in [3.8, 4) is 0 Å². The molecule has 0 atom stereocenters. The highest BCUT2D eigenvalue weighted by atomic mass is 127. The first-order chi connectivity index (χ1) is 9.08. The largest absolute Gasteiger partial charge is 0.346 e. The van der Waals surface area contributed by atoms with E-state index in [9.17, 15) is 14.9 Å². The Bertz CT molecular complexity index is 612. The average molecular weight is 372 g/mol. The van der Waals surface area contributed by atoms with Crippen LogP contribution in [0.3, 0.4) is 0 Å². The summed E-state index contributed by atoms with van der Waals surface area (Å²) in [6, 6.07) is 5.92. The van der Waals surface area contributed by atoms with Crippen LogP contribution >= 0.6 is 22.6 Å². The van der Waals surface area contributed by atoms with Gasteiger partial charge in [-0.3, -0.25) is 20.0 Å². The Kier molecular flexibility index (Phi) is 4.10. The van der Waals surface area contributed by atoms with Crippen LogP contribution in [-0.4, -0.2) is 21.0 Å². The normalized spacial score (nSPS) is 10.2. The van der Waals surface area contributed by atoms with Crippen LogP contribution in [0, 0.1) is 13.7 Å². The number of carbonyl (C=O) groups is 1. The molecule has 0 fully saturated rings. The summed E-state index contributed by atoms with van der Waals surface area (Å²) in [7, 11) is 0. The van der Waals surface area contributed by atoms with Gasteiger partial charge in [-0.25, -0.2) is 0 Å². The van der Waals surface area contributed by atoms with Crippen molar-refractivity contribution in [3.05, 3.63) is 55.4 Å². The third-order valence-corrected chi connectivity index (χ3v) is 3.34. The summed E-state index contributed by atoms with van der Waals surface area (Å²) in [5.74, 6) is -0.359. The second-order valence-electron chi connectivity index (χ2n) is 3.69. The van der Waals surface area contributed by atoms with Gasteiger partial charge in [0.2, 0.25) is 0 Å². The van der Waals surface area contributed by atoms with Gasteiger partial charge in [0.25, 0.3) is 11.6 Å². The van der Waals surface area contributed by atoms with E-state index in [2.05, 4.69) is 15.5 Å². The molecular formula is C11H9IN4O3. The third kappa shape index (κ3) is 3.28. The first-order valence-electron chi connectivity index (χ1n) is 5.28. The van der Waals surface area contributed by atoms with Gasteiger partial charge >= 0.3 is 0 Å². The van der Waals surface area contributed by atoms with Crippen molar-refractivity contribution in [2.75, 3.05) is 0 Å². The van der Waals surface area contributed by atoms with Gasteiger partial charge in [-0.1, -0.05) is 0 Å². The molecule has 8 heteroatoms.